The summed E-state index contributed by atoms with van der Waals surface area (Å²) in [5, 5.41) is 11.5. The smallest absolute Gasteiger partial charge is 0.317 e. The van der Waals surface area contributed by atoms with Crippen molar-refractivity contribution in [3.05, 3.63) is 0 Å². The molecule has 1 aliphatic rings. The highest BCUT2D eigenvalue weighted by atomic mass is 16.4. The Bertz CT molecular complexity index is 242. The predicted molar refractivity (Wildman–Crippen MR) is 51.0 cm³/mol. The number of urea groups is 1. The van der Waals surface area contributed by atoms with Crippen LogP contribution in [0, 0.1) is 5.92 Å². The molecule has 2 N–H and O–H groups in total. The fourth-order valence-electron chi connectivity index (χ4n) is 1.46. The van der Waals surface area contributed by atoms with Gasteiger partial charge in [0.1, 0.15) is 0 Å². The summed E-state index contributed by atoms with van der Waals surface area (Å²) in [4.78, 5) is 23.5. The lowest BCUT2D eigenvalue weighted by Crippen LogP contribution is -2.34. The zero-order valence-electron chi connectivity index (χ0n) is 8.49. The van der Waals surface area contributed by atoms with E-state index in [1.165, 1.54) is 0 Å². The third-order valence-electron chi connectivity index (χ3n) is 2.46. The number of nitrogens with zero attached hydrogens (tertiary/aromatic N) is 1. The number of carbonyl (C=O) groups is 2. The largest absolute Gasteiger partial charge is 0.481 e. The summed E-state index contributed by atoms with van der Waals surface area (Å²) in [6.07, 6.45) is 0.879. The third kappa shape index (κ3) is 2.37. The number of amides is 2. The normalized spacial score (nSPS) is 23.4. The summed E-state index contributed by atoms with van der Waals surface area (Å²) < 4.78 is 0. The van der Waals surface area contributed by atoms with Crippen LogP contribution >= 0.6 is 0 Å². The molecule has 0 aromatic rings. The second-order valence-electron chi connectivity index (χ2n) is 3.70. The molecule has 0 spiro atoms. The van der Waals surface area contributed by atoms with Gasteiger partial charge in [0.25, 0.3) is 0 Å². The first-order chi connectivity index (χ1) is 6.54. The highest BCUT2D eigenvalue weighted by Crippen LogP contribution is 2.09. The topological polar surface area (TPSA) is 69.6 Å². The molecule has 2 unspecified atom stereocenters. The maximum absolute atomic E-state index is 11.3. The number of hydrogen-bond donors (Lipinski definition) is 2. The van der Waals surface area contributed by atoms with E-state index in [0.29, 0.717) is 6.54 Å². The summed E-state index contributed by atoms with van der Waals surface area (Å²) in [6.45, 7) is 4.51. The summed E-state index contributed by atoms with van der Waals surface area (Å²) in [6, 6.07) is 0.0217. The minimum Gasteiger partial charge on any atom is -0.481 e. The summed E-state index contributed by atoms with van der Waals surface area (Å²) >= 11 is 0. The molecule has 80 valence electrons. The zero-order valence-corrected chi connectivity index (χ0v) is 8.49. The van der Waals surface area contributed by atoms with Gasteiger partial charge in [0.05, 0.1) is 5.92 Å². The molecular formula is C9H16N2O3. The molecule has 1 heterocycles. The van der Waals surface area contributed by atoms with Crippen LogP contribution in [0.25, 0.3) is 0 Å². The molecule has 1 rings (SSSR count). The van der Waals surface area contributed by atoms with Gasteiger partial charge in [-0.05, 0) is 6.42 Å². The average molecular weight is 200 g/mol. The standard InChI is InChI=1S/C9H16N2O3/c1-3-7-5-11(9(14)10-7)4-6(2)8(12)13/h6-7H,3-5H2,1-2H3,(H,10,14)(H,12,13). The maximum Gasteiger partial charge on any atom is 0.317 e. The number of aliphatic carboxylic acids is 1. The molecule has 0 aromatic carbocycles. The van der Waals surface area contributed by atoms with Crippen LogP contribution < -0.4 is 5.32 Å². The van der Waals surface area contributed by atoms with E-state index in [4.69, 9.17) is 5.11 Å². The maximum atomic E-state index is 11.3. The van der Waals surface area contributed by atoms with Crippen molar-refractivity contribution in [2.24, 2.45) is 5.92 Å². The lowest BCUT2D eigenvalue weighted by molar-refractivity contribution is -0.141. The van der Waals surface area contributed by atoms with Gasteiger partial charge in [-0.15, -0.1) is 0 Å². The van der Waals surface area contributed by atoms with Gasteiger partial charge < -0.3 is 15.3 Å². The molecule has 1 fully saturated rings. The van der Waals surface area contributed by atoms with Gasteiger partial charge in [-0.2, -0.15) is 0 Å². The van der Waals surface area contributed by atoms with Crippen LogP contribution in [0.4, 0.5) is 4.79 Å². The zero-order chi connectivity index (χ0) is 10.7. The Morgan fingerprint density at radius 2 is 2.43 bits per heavy atom. The summed E-state index contributed by atoms with van der Waals surface area (Å²) in [5.74, 6) is -1.37. The van der Waals surface area contributed by atoms with Gasteiger partial charge in [0, 0.05) is 19.1 Å². The minimum atomic E-state index is -0.863. The van der Waals surface area contributed by atoms with Gasteiger partial charge in [0.2, 0.25) is 0 Å². The lowest BCUT2D eigenvalue weighted by atomic mass is 10.1. The highest BCUT2D eigenvalue weighted by molar-refractivity contribution is 5.78. The molecule has 0 radical (unpaired) electrons. The van der Waals surface area contributed by atoms with Gasteiger partial charge >= 0.3 is 12.0 Å². The fraction of sp³-hybridized carbons (Fsp3) is 0.778. The van der Waals surface area contributed by atoms with Crippen molar-refractivity contribution in [3.63, 3.8) is 0 Å². The number of carboxylic acids is 1. The van der Waals surface area contributed by atoms with E-state index >= 15 is 0 Å². The molecule has 0 saturated carbocycles. The van der Waals surface area contributed by atoms with Gasteiger partial charge in [-0.3, -0.25) is 4.79 Å². The first-order valence-electron chi connectivity index (χ1n) is 4.82. The number of rotatable bonds is 4. The number of hydrogen-bond acceptors (Lipinski definition) is 2. The van der Waals surface area contributed by atoms with Crippen molar-refractivity contribution in [1.82, 2.24) is 10.2 Å². The van der Waals surface area contributed by atoms with Crippen molar-refractivity contribution < 1.29 is 14.7 Å². The molecule has 5 nitrogen and oxygen atoms in total. The number of nitrogens with one attached hydrogen (secondary N) is 1. The molecule has 0 aromatic heterocycles. The van der Waals surface area contributed by atoms with E-state index in [1.807, 2.05) is 6.92 Å². The Labute approximate surface area is 83.1 Å². The van der Waals surface area contributed by atoms with Crippen molar-refractivity contribution in [2.75, 3.05) is 13.1 Å². The first-order valence-corrected chi connectivity index (χ1v) is 4.82. The molecule has 2 atom stereocenters. The summed E-state index contributed by atoms with van der Waals surface area (Å²) in [5.41, 5.74) is 0. The quantitative estimate of drug-likeness (QED) is 0.694. The van der Waals surface area contributed by atoms with Gasteiger partial charge in [-0.25, -0.2) is 4.79 Å². The number of carboxylic acid groups (broad SMARTS) is 1. The Morgan fingerprint density at radius 3 is 2.86 bits per heavy atom. The van der Waals surface area contributed by atoms with E-state index in [9.17, 15) is 9.59 Å². The Morgan fingerprint density at radius 1 is 1.79 bits per heavy atom. The predicted octanol–water partition coefficient (Wildman–Crippen LogP) is 0.511. The average Bonchev–Trinajstić information content (AvgIpc) is 2.47. The van der Waals surface area contributed by atoms with E-state index in [2.05, 4.69) is 5.32 Å². The van der Waals surface area contributed by atoms with Gasteiger partial charge in [0.15, 0.2) is 0 Å². The highest BCUT2D eigenvalue weighted by Gasteiger charge is 2.29. The first kappa shape index (κ1) is 10.8. The van der Waals surface area contributed by atoms with E-state index in [-0.39, 0.29) is 18.6 Å². The van der Waals surface area contributed by atoms with Crippen molar-refractivity contribution in [2.45, 2.75) is 26.3 Å². The third-order valence-corrected chi connectivity index (χ3v) is 2.46. The number of carbonyl (C=O) groups excluding carboxylic acids is 1. The molecule has 1 saturated heterocycles. The van der Waals surface area contributed by atoms with Crippen LogP contribution in [0.1, 0.15) is 20.3 Å². The van der Waals surface area contributed by atoms with E-state index in [1.54, 1.807) is 11.8 Å². The van der Waals surface area contributed by atoms with E-state index in [0.717, 1.165) is 6.42 Å². The molecule has 5 heteroatoms. The van der Waals surface area contributed by atoms with Crippen LogP contribution in [-0.2, 0) is 4.79 Å². The second kappa shape index (κ2) is 4.30. The second-order valence-corrected chi connectivity index (χ2v) is 3.70. The van der Waals surface area contributed by atoms with Crippen LogP contribution in [0.15, 0.2) is 0 Å². The van der Waals surface area contributed by atoms with Crippen molar-refractivity contribution in [1.29, 1.82) is 0 Å². The van der Waals surface area contributed by atoms with Crippen LogP contribution in [-0.4, -0.2) is 41.1 Å². The fourth-order valence-corrected chi connectivity index (χ4v) is 1.46. The van der Waals surface area contributed by atoms with Crippen LogP contribution in [0.3, 0.4) is 0 Å². The molecule has 2 amide bonds. The molecule has 0 aliphatic carbocycles. The Hall–Kier alpha value is -1.26. The Kier molecular flexibility index (Phi) is 3.33. The summed E-state index contributed by atoms with van der Waals surface area (Å²) in [7, 11) is 0. The molecular weight excluding hydrogens is 184 g/mol. The SMILES string of the molecule is CCC1CN(CC(C)C(=O)O)C(=O)N1. The van der Waals surface area contributed by atoms with Crippen LogP contribution in [0.2, 0.25) is 0 Å². The van der Waals surface area contributed by atoms with Crippen LogP contribution in [0.5, 0.6) is 0 Å². The molecule has 14 heavy (non-hydrogen) atoms. The molecule has 1 aliphatic heterocycles. The molecule has 0 bridgehead atoms. The Balaban J connectivity index is 2.46. The van der Waals surface area contributed by atoms with E-state index < -0.39 is 11.9 Å². The van der Waals surface area contributed by atoms with Crippen molar-refractivity contribution in [3.8, 4) is 0 Å². The minimum absolute atomic E-state index is 0.148. The monoisotopic (exact) mass is 200 g/mol. The van der Waals surface area contributed by atoms with Crippen molar-refractivity contribution >= 4 is 12.0 Å². The lowest BCUT2D eigenvalue weighted by Gasteiger charge is -2.16. The van der Waals surface area contributed by atoms with Gasteiger partial charge in [-0.1, -0.05) is 13.8 Å².